The van der Waals surface area contributed by atoms with Crippen molar-refractivity contribution < 1.29 is 22.7 Å². The van der Waals surface area contributed by atoms with Gasteiger partial charge in [0.25, 0.3) is 0 Å². The van der Waals surface area contributed by atoms with Crippen LogP contribution in [0.2, 0.25) is 5.02 Å². The lowest BCUT2D eigenvalue weighted by Crippen LogP contribution is -2.54. The van der Waals surface area contributed by atoms with E-state index in [4.69, 9.17) is 16.3 Å². The van der Waals surface area contributed by atoms with E-state index < -0.39 is 28.5 Å². The number of sulfonamides is 1. The fourth-order valence-electron chi connectivity index (χ4n) is 4.25. The van der Waals surface area contributed by atoms with Gasteiger partial charge >= 0.3 is 0 Å². The molecule has 3 aromatic rings. The third kappa shape index (κ3) is 8.47. The predicted octanol–water partition coefficient (Wildman–Crippen LogP) is 4.59. The van der Waals surface area contributed by atoms with E-state index in [1.807, 2.05) is 50.2 Å². The van der Waals surface area contributed by atoms with Gasteiger partial charge in [-0.3, -0.25) is 13.9 Å². The maximum atomic E-state index is 14.1. The fraction of sp³-hybridized carbons (Fsp3) is 0.333. The normalized spacial score (nSPS) is 12.1. The molecule has 2 amide bonds. The van der Waals surface area contributed by atoms with Gasteiger partial charge in [-0.15, -0.1) is 0 Å². The van der Waals surface area contributed by atoms with Crippen molar-refractivity contribution in [3.05, 3.63) is 94.5 Å². The molecule has 1 unspecified atom stereocenters. The number of anilines is 1. The van der Waals surface area contributed by atoms with Gasteiger partial charge in [0.05, 0.1) is 19.1 Å². The summed E-state index contributed by atoms with van der Waals surface area (Å²) in [6.07, 6.45) is 1.28. The number of aryl methyl sites for hydroxylation is 1. The molecule has 8 nitrogen and oxygen atoms in total. The largest absolute Gasteiger partial charge is 0.497 e. The Balaban J connectivity index is 2.08. The number of hydrogen-bond donors (Lipinski definition) is 1. The van der Waals surface area contributed by atoms with Crippen molar-refractivity contribution in [1.82, 2.24) is 10.2 Å². The molecule has 0 bridgehead atoms. The molecule has 1 atom stereocenters. The minimum atomic E-state index is -3.88. The second-order valence-electron chi connectivity index (χ2n) is 9.95. The Morgan fingerprint density at radius 1 is 0.975 bits per heavy atom. The van der Waals surface area contributed by atoms with E-state index in [0.29, 0.717) is 10.8 Å². The van der Waals surface area contributed by atoms with Crippen molar-refractivity contribution in [2.75, 3.05) is 24.2 Å². The molecule has 0 saturated heterocycles. The van der Waals surface area contributed by atoms with Crippen LogP contribution in [0.4, 0.5) is 5.69 Å². The van der Waals surface area contributed by atoms with Crippen LogP contribution in [0.15, 0.2) is 72.8 Å². The monoisotopic (exact) mass is 585 g/mol. The lowest BCUT2D eigenvalue weighted by atomic mass is 10.0. The number of hydrogen-bond acceptors (Lipinski definition) is 5. The molecule has 10 heteroatoms. The van der Waals surface area contributed by atoms with Crippen LogP contribution in [-0.2, 0) is 32.6 Å². The first-order valence-corrected chi connectivity index (χ1v) is 15.1. The van der Waals surface area contributed by atoms with E-state index in [-0.39, 0.29) is 30.6 Å². The van der Waals surface area contributed by atoms with Gasteiger partial charge in [-0.1, -0.05) is 60.1 Å². The third-order valence-electron chi connectivity index (χ3n) is 6.31. The van der Waals surface area contributed by atoms with Gasteiger partial charge in [0.15, 0.2) is 0 Å². The number of benzene rings is 3. The Labute approximate surface area is 241 Å². The SMILES string of the molecule is COc1cccc(CN(C(=O)CN(c2ccc(C)c(Cl)c2)S(C)(=O)=O)C(Cc2ccccc2)C(=O)NC(C)C)c1. The molecule has 3 aromatic carbocycles. The van der Waals surface area contributed by atoms with Crippen LogP contribution in [0.5, 0.6) is 5.75 Å². The van der Waals surface area contributed by atoms with Gasteiger partial charge in [0.1, 0.15) is 18.3 Å². The molecule has 40 heavy (non-hydrogen) atoms. The average Bonchev–Trinajstić information content (AvgIpc) is 2.90. The highest BCUT2D eigenvalue weighted by molar-refractivity contribution is 7.92. The van der Waals surface area contributed by atoms with Crippen molar-refractivity contribution in [3.63, 3.8) is 0 Å². The second-order valence-corrected chi connectivity index (χ2v) is 12.3. The van der Waals surface area contributed by atoms with Crippen molar-refractivity contribution in [2.45, 2.75) is 45.8 Å². The number of amides is 2. The first kappa shape index (κ1) is 31.0. The Bertz CT molecular complexity index is 1430. The summed E-state index contributed by atoms with van der Waals surface area (Å²) >= 11 is 6.29. The number of carbonyl (C=O) groups is 2. The highest BCUT2D eigenvalue weighted by Gasteiger charge is 2.33. The summed E-state index contributed by atoms with van der Waals surface area (Å²) in [6, 6.07) is 20.3. The molecule has 214 valence electrons. The Morgan fingerprint density at radius 3 is 2.25 bits per heavy atom. The number of nitrogens with zero attached hydrogens (tertiary/aromatic N) is 2. The smallest absolute Gasteiger partial charge is 0.244 e. The van der Waals surface area contributed by atoms with Gasteiger partial charge in [0, 0.05) is 24.0 Å². The first-order valence-electron chi connectivity index (χ1n) is 12.9. The van der Waals surface area contributed by atoms with Crippen LogP contribution < -0.4 is 14.4 Å². The molecular weight excluding hydrogens is 550 g/mol. The number of nitrogens with one attached hydrogen (secondary N) is 1. The van der Waals surface area contributed by atoms with E-state index in [1.165, 1.54) is 11.0 Å². The molecule has 0 fully saturated rings. The minimum absolute atomic E-state index is 0.0608. The zero-order chi connectivity index (χ0) is 29.4. The number of rotatable bonds is 12. The summed E-state index contributed by atoms with van der Waals surface area (Å²) in [5.41, 5.74) is 2.63. The Morgan fingerprint density at radius 2 is 1.65 bits per heavy atom. The summed E-state index contributed by atoms with van der Waals surface area (Å²) in [7, 11) is -2.33. The predicted molar refractivity (Wildman–Crippen MR) is 159 cm³/mol. The minimum Gasteiger partial charge on any atom is -0.497 e. The average molecular weight is 586 g/mol. The first-order chi connectivity index (χ1) is 18.9. The van der Waals surface area contributed by atoms with E-state index in [2.05, 4.69) is 5.32 Å². The van der Waals surface area contributed by atoms with Crippen LogP contribution >= 0.6 is 11.6 Å². The van der Waals surface area contributed by atoms with Gasteiger partial charge in [-0.25, -0.2) is 8.42 Å². The lowest BCUT2D eigenvalue weighted by molar-refractivity contribution is -0.140. The fourth-order valence-corrected chi connectivity index (χ4v) is 5.27. The van der Waals surface area contributed by atoms with E-state index in [0.717, 1.165) is 27.3 Å². The molecule has 0 aliphatic heterocycles. The molecule has 0 spiro atoms. The molecular formula is C30H36ClN3O5S. The van der Waals surface area contributed by atoms with Crippen molar-refractivity contribution in [3.8, 4) is 5.75 Å². The summed E-state index contributed by atoms with van der Waals surface area (Å²) in [5, 5.41) is 3.31. The van der Waals surface area contributed by atoms with Gasteiger partial charge in [-0.05, 0) is 61.7 Å². The van der Waals surface area contributed by atoms with Crippen LogP contribution in [-0.4, -0.2) is 57.1 Å². The molecule has 0 aliphatic carbocycles. The number of ether oxygens (including phenoxy) is 1. The molecule has 0 saturated carbocycles. The summed E-state index contributed by atoms with van der Waals surface area (Å²) in [4.78, 5) is 29.1. The van der Waals surface area contributed by atoms with Crippen molar-refractivity contribution in [2.24, 2.45) is 0 Å². The molecule has 3 rings (SSSR count). The van der Waals surface area contributed by atoms with E-state index >= 15 is 0 Å². The van der Waals surface area contributed by atoms with Crippen LogP contribution in [0.25, 0.3) is 0 Å². The second kappa shape index (κ2) is 13.7. The third-order valence-corrected chi connectivity index (χ3v) is 7.86. The van der Waals surface area contributed by atoms with Crippen LogP contribution in [0, 0.1) is 6.92 Å². The van der Waals surface area contributed by atoms with Gasteiger partial charge < -0.3 is 15.0 Å². The number of halogens is 1. The topological polar surface area (TPSA) is 96.0 Å². The Hall–Kier alpha value is -3.56. The van der Waals surface area contributed by atoms with Crippen molar-refractivity contribution in [1.29, 1.82) is 0 Å². The molecule has 1 N–H and O–H groups in total. The van der Waals surface area contributed by atoms with E-state index in [1.54, 1.807) is 44.4 Å². The zero-order valence-electron chi connectivity index (χ0n) is 23.4. The van der Waals surface area contributed by atoms with Gasteiger partial charge in [0.2, 0.25) is 21.8 Å². The molecule has 0 aliphatic rings. The molecule has 0 heterocycles. The lowest BCUT2D eigenvalue weighted by Gasteiger charge is -2.34. The van der Waals surface area contributed by atoms with Crippen LogP contribution in [0.1, 0.15) is 30.5 Å². The van der Waals surface area contributed by atoms with Gasteiger partial charge in [-0.2, -0.15) is 0 Å². The van der Waals surface area contributed by atoms with E-state index in [9.17, 15) is 18.0 Å². The standard InChI is InChI=1S/C30H36ClN3O5S/c1-21(2)32-30(36)28(17-23-10-7-6-8-11-23)33(19-24-12-9-13-26(16-24)39-4)29(35)20-34(40(5,37)38)25-15-14-22(3)27(31)18-25/h6-16,18,21,28H,17,19-20H2,1-5H3,(H,32,36). The summed E-state index contributed by atoms with van der Waals surface area (Å²) in [5.74, 6) is -0.271. The summed E-state index contributed by atoms with van der Waals surface area (Å²) in [6.45, 7) is 5.05. The maximum absolute atomic E-state index is 14.1. The zero-order valence-corrected chi connectivity index (χ0v) is 25.0. The quantitative estimate of drug-likeness (QED) is 0.335. The number of carbonyl (C=O) groups excluding carboxylic acids is 2. The summed E-state index contributed by atoms with van der Waals surface area (Å²) < 4.78 is 32.1. The van der Waals surface area contributed by atoms with Crippen molar-refractivity contribution >= 4 is 39.1 Å². The number of methoxy groups -OCH3 is 1. The van der Waals surface area contributed by atoms with Crippen LogP contribution in [0.3, 0.4) is 0 Å². The highest BCUT2D eigenvalue weighted by Crippen LogP contribution is 2.26. The Kier molecular flexibility index (Phi) is 10.6. The maximum Gasteiger partial charge on any atom is 0.244 e. The highest BCUT2D eigenvalue weighted by atomic mass is 35.5. The molecule has 0 aromatic heterocycles. The molecule has 0 radical (unpaired) electrons.